The van der Waals surface area contributed by atoms with Crippen molar-refractivity contribution in [2.45, 2.75) is 19.3 Å². The first-order valence-corrected chi connectivity index (χ1v) is 17.7. The summed E-state index contributed by atoms with van der Waals surface area (Å²) >= 11 is 0. The van der Waals surface area contributed by atoms with E-state index in [0.717, 1.165) is 45.1 Å². The van der Waals surface area contributed by atoms with Gasteiger partial charge in [0.1, 0.15) is 11.5 Å². The molecule has 0 unspecified atom stereocenters. The molecule has 0 bridgehead atoms. The van der Waals surface area contributed by atoms with E-state index in [4.69, 9.17) is 4.74 Å². The van der Waals surface area contributed by atoms with Gasteiger partial charge >= 0.3 is 0 Å². The van der Waals surface area contributed by atoms with E-state index in [1.807, 2.05) is 6.07 Å². The molecule has 2 aliphatic rings. The predicted octanol–water partition coefficient (Wildman–Crippen LogP) is 13.7. The first kappa shape index (κ1) is 29.5. The van der Waals surface area contributed by atoms with Gasteiger partial charge in [-0.25, -0.2) is 0 Å². The van der Waals surface area contributed by atoms with Gasteiger partial charge in [-0.2, -0.15) is 0 Å². The van der Waals surface area contributed by atoms with E-state index >= 15 is 0 Å². The Labute approximate surface area is 298 Å². The topological polar surface area (TPSA) is 12.5 Å². The van der Waals surface area contributed by atoms with Crippen molar-refractivity contribution in [3.05, 3.63) is 187 Å². The maximum atomic E-state index is 6.61. The van der Waals surface area contributed by atoms with Crippen molar-refractivity contribution in [2.75, 3.05) is 4.90 Å². The molecule has 242 valence electrons. The zero-order valence-electron chi connectivity index (χ0n) is 28.6. The molecule has 2 nitrogen and oxygen atoms in total. The minimum Gasteiger partial charge on any atom is -0.456 e. The molecule has 0 amide bonds. The first-order valence-electron chi connectivity index (χ1n) is 17.7. The Morgan fingerprint density at radius 3 is 1.84 bits per heavy atom. The average molecular weight is 654 g/mol. The number of hydrogen-bond donors (Lipinski definition) is 0. The predicted molar refractivity (Wildman–Crippen MR) is 213 cm³/mol. The SMILES string of the molecule is CC1(C)c2ccccc2-c2ccc(N(c3ccccc3)c3ccc(-c4ccc5c6c(cccc46)-c4ccc(-c6ccccc6)cc4O5)cc3)cc21. The summed E-state index contributed by atoms with van der Waals surface area (Å²) < 4.78 is 6.61. The lowest BCUT2D eigenvalue weighted by Gasteiger charge is -2.28. The van der Waals surface area contributed by atoms with Crippen LogP contribution in [0.4, 0.5) is 17.1 Å². The lowest BCUT2D eigenvalue weighted by atomic mass is 9.82. The van der Waals surface area contributed by atoms with Gasteiger partial charge in [0.05, 0.1) is 0 Å². The zero-order valence-corrected chi connectivity index (χ0v) is 28.6. The van der Waals surface area contributed by atoms with Crippen LogP contribution in [-0.4, -0.2) is 0 Å². The molecule has 0 aromatic heterocycles. The van der Waals surface area contributed by atoms with Gasteiger partial charge in [-0.15, -0.1) is 0 Å². The zero-order chi connectivity index (χ0) is 34.1. The van der Waals surface area contributed by atoms with E-state index in [1.54, 1.807) is 0 Å². The van der Waals surface area contributed by atoms with E-state index in [9.17, 15) is 0 Å². The van der Waals surface area contributed by atoms with Crippen LogP contribution in [0.1, 0.15) is 25.0 Å². The fourth-order valence-corrected chi connectivity index (χ4v) is 8.34. The van der Waals surface area contributed by atoms with Crippen molar-refractivity contribution in [3.63, 3.8) is 0 Å². The minimum atomic E-state index is -0.0722. The van der Waals surface area contributed by atoms with E-state index in [2.05, 4.69) is 189 Å². The summed E-state index contributed by atoms with van der Waals surface area (Å²) in [5.41, 5.74) is 15.8. The Hall–Kier alpha value is -6.38. The van der Waals surface area contributed by atoms with Crippen LogP contribution in [0.2, 0.25) is 0 Å². The molecule has 0 saturated carbocycles. The molecular weight excluding hydrogens is 619 g/mol. The quantitative estimate of drug-likeness (QED) is 0.183. The summed E-state index contributed by atoms with van der Waals surface area (Å²) in [7, 11) is 0. The molecule has 1 aliphatic heterocycles. The number of fused-ring (bicyclic) bond motifs is 5. The minimum absolute atomic E-state index is 0.0722. The van der Waals surface area contributed by atoms with E-state index in [1.165, 1.54) is 49.9 Å². The maximum Gasteiger partial charge on any atom is 0.135 e. The van der Waals surface area contributed by atoms with Gasteiger partial charge in [-0.05, 0) is 110 Å². The standard InChI is InChI=1S/C49H35NO/c1-49(2)44-19-10-9-16-39(44)40-27-25-37(31-45(40)49)50(35-14-7-4-8-15-35)36-23-20-33(21-24-36)38-28-29-46-48-42(38)17-11-18-43(48)41-26-22-34(30-47(41)51-46)32-12-5-3-6-13-32/h3-31H,1-2H3. The van der Waals surface area contributed by atoms with Crippen LogP contribution < -0.4 is 9.64 Å². The molecule has 1 heterocycles. The third-order valence-corrected chi connectivity index (χ3v) is 10.9. The second kappa shape index (κ2) is 11.3. The van der Waals surface area contributed by atoms with Crippen molar-refractivity contribution in [2.24, 2.45) is 0 Å². The lowest BCUT2D eigenvalue weighted by molar-refractivity contribution is 0.487. The molecular formula is C49H35NO. The molecule has 1 aliphatic carbocycles. The van der Waals surface area contributed by atoms with Crippen molar-refractivity contribution >= 4 is 27.8 Å². The summed E-state index contributed by atoms with van der Waals surface area (Å²) in [6.45, 7) is 4.68. The second-order valence-corrected chi connectivity index (χ2v) is 14.1. The maximum absolute atomic E-state index is 6.61. The summed E-state index contributed by atoms with van der Waals surface area (Å²) in [6.07, 6.45) is 0. The van der Waals surface area contributed by atoms with Gasteiger partial charge in [0.25, 0.3) is 0 Å². The molecule has 51 heavy (non-hydrogen) atoms. The molecule has 8 aromatic rings. The Morgan fingerprint density at radius 2 is 1.02 bits per heavy atom. The van der Waals surface area contributed by atoms with E-state index in [-0.39, 0.29) is 5.41 Å². The smallest absolute Gasteiger partial charge is 0.135 e. The third kappa shape index (κ3) is 4.64. The third-order valence-electron chi connectivity index (χ3n) is 10.9. The summed E-state index contributed by atoms with van der Waals surface area (Å²) in [4.78, 5) is 2.37. The molecule has 10 rings (SSSR count). The lowest BCUT2D eigenvalue weighted by Crippen LogP contribution is -2.16. The monoisotopic (exact) mass is 653 g/mol. The van der Waals surface area contributed by atoms with Crippen LogP contribution in [0, 0.1) is 0 Å². The van der Waals surface area contributed by atoms with Gasteiger partial charge in [0.2, 0.25) is 0 Å². The van der Waals surface area contributed by atoms with E-state index in [0.29, 0.717) is 0 Å². The molecule has 8 aromatic carbocycles. The number of ether oxygens (including phenoxy) is 1. The highest BCUT2D eigenvalue weighted by atomic mass is 16.5. The van der Waals surface area contributed by atoms with Crippen molar-refractivity contribution < 1.29 is 4.74 Å². The second-order valence-electron chi connectivity index (χ2n) is 14.1. The van der Waals surface area contributed by atoms with Crippen molar-refractivity contribution in [1.29, 1.82) is 0 Å². The Kier molecular flexibility index (Phi) is 6.56. The van der Waals surface area contributed by atoms with Gasteiger partial charge in [-0.3, -0.25) is 0 Å². The van der Waals surface area contributed by atoms with Crippen LogP contribution >= 0.6 is 0 Å². The van der Waals surface area contributed by atoms with Crippen molar-refractivity contribution in [3.8, 4) is 56.0 Å². The van der Waals surface area contributed by atoms with Crippen LogP contribution in [0.3, 0.4) is 0 Å². The number of benzene rings is 8. The molecule has 0 atom stereocenters. The molecule has 0 radical (unpaired) electrons. The highest BCUT2D eigenvalue weighted by Gasteiger charge is 2.35. The fourth-order valence-electron chi connectivity index (χ4n) is 8.34. The van der Waals surface area contributed by atoms with Crippen LogP contribution in [0.5, 0.6) is 11.5 Å². The Bertz CT molecular complexity index is 2620. The summed E-state index contributed by atoms with van der Waals surface area (Å²) in [5.74, 6) is 1.80. The molecule has 0 N–H and O–H groups in total. The van der Waals surface area contributed by atoms with Gasteiger partial charge < -0.3 is 9.64 Å². The number of anilines is 3. The van der Waals surface area contributed by atoms with Gasteiger partial charge in [-0.1, -0.05) is 135 Å². The molecule has 2 heteroatoms. The summed E-state index contributed by atoms with van der Waals surface area (Å²) in [5, 5.41) is 2.35. The molecule has 0 spiro atoms. The van der Waals surface area contributed by atoms with E-state index < -0.39 is 0 Å². The number of rotatable bonds is 5. The normalized spacial score (nSPS) is 13.2. The number of para-hydroxylation sites is 1. The molecule has 0 saturated heterocycles. The molecule has 0 fully saturated rings. The highest BCUT2D eigenvalue weighted by molar-refractivity contribution is 6.10. The van der Waals surface area contributed by atoms with Gasteiger partial charge in [0.15, 0.2) is 0 Å². The van der Waals surface area contributed by atoms with Crippen LogP contribution in [0.25, 0.3) is 55.3 Å². The fraction of sp³-hybridized carbons (Fsp3) is 0.0612. The Balaban J connectivity index is 1.04. The average Bonchev–Trinajstić information content (AvgIpc) is 3.41. The Morgan fingerprint density at radius 1 is 0.392 bits per heavy atom. The number of hydrogen-bond acceptors (Lipinski definition) is 2. The van der Waals surface area contributed by atoms with Crippen LogP contribution in [0.15, 0.2) is 176 Å². The summed E-state index contributed by atoms with van der Waals surface area (Å²) in [6, 6.07) is 63.5. The number of nitrogens with zero attached hydrogens (tertiary/aromatic N) is 1. The van der Waals surface area contributed by atoms with Crippen molar-refractivity contribution in [1.82, 2.24) is 0 Å². The van der Waals surface area contributed by atoms with Gasteiger partial charge in [0, 0.05) is 33.4 Å². The first-order chi connectivity index (χ1) is 25.0. The van der Waals surface area contributed by atoms with Crippen LogP contribution in [-0.2, 0) is 5.41 Å². The highest BCUT2D eigenvalue weighted by Crippen LogP contribution is 2.52. The largest absolute Gasteiger partial charge is 0.456 e.